The largest absolute Gasteiger partial charge is 0.481 e. The molecule has 1 heterocycles. The highest BCUT2D eigenvalue weighted by molar-refractivity contribution is 5.71. The summed E-state index contributed by atoms with van der Waals surface area (Å²) >= 11 is 0. The molecule has 1 unspecified atom stereocenters. The van der Waals surface area contributed by atoms with E-state index in [1.807, 2.05) is 0 Å². The average Bonchev–Trinajstić information content (AvgIpc) is 2.17. The first kappa shape index (κ1) is 13.2. The van der Waals surface area contributed by atoms with Crippen LogP contribution < -0.4 is 0 Å². The number of ether oxygens (including phenoxy) is 2. The average molecular weight is 242 g/mol. The van der Waals surface area contributed by atoms with Crippen molar-refractivity contribution < 1.29 is 32.5 Å². The van der Waals surface area contributed by atoms with Crippen molar-refractivity contribution in [2.24, 2.45) is 5.92 Å². The Morgan fingerprint density at radius 1 is 1.44 bits per heavy atom. The quantitative estimate of drug-likeness (QED) is 0.810. The van der Waals surface area contributed by atoms with E-state index in [-0.39, 0.29) is 6.10 Å². The maximum absolute atomic E-state index is 12.2. The van der Waals surface area contributed by atoms with Gasteiger partial charge in [-0.15, -0.1) is 0 Å². The summed E-state index contributed by atoms with van der Waals surface area (Å²) in [6.07, 6.45) is -4.09. The SMILES string of the molecule is O=C(O)C(COC1CCOCC1)C(F)(F)F. The Hall–Kier alpha value is -0.820. The molecule has 0 bridgehead atoms. The molecule has 0 radical (unpaired) electrons. The molecule has 7 heteroatoms. The Labute approximate surface area is 90.3 Å². The van der Waals surface area contributed by atoms with Crippen molar-refractivity contribution in [2.45, 2.75) is 25.1 Å². The van der Waals surface area contributed by atoms with E-state index in [4.69, 9.17) is 14.6 Å². The number of halogens is 3. The van der Waals surface area contributed by atoms with E-state index in [1.54, 1.807) is 0 Å². The number of carbonyl (C=O) groups is 1. The first-order chi connectivity index (χ1) is 7.41. The van der Waals surface area contributed by atoms with Crippen molar-refractivity contribution >= 4 is 5.97 Å². The van der Waals surface area contributed by atoms with Crippen LogP contribution in [0.4, 0.5) is 13.2 Å². The maximum Gasteiger partial charge on any atom is 0.404 e. The molecule has 1 saturated heterocycles. The highest BCUT2D eigenvalue weighted by atomic mass is 19.4. The van der Waals surface area contributed by atoms with Crippen LogP contribution in [0.25, 0.3) is 0 Å². The number of rotatable bonds is 4. The molecule has 1 atom stereocenters. The molecular formula is C9H13F3O4. The second-order valence-electron chi connectivity index (χ2n) is 3.58. The molecule has 94 valence electrons. The van der Waals surface area contributed by atoms with Crippen molar-refractivity contribution in [3.8, 4) is 0 Å². The van der Waals surface area contributed by atoms with Crippen LogP contribution >= 0.6 is 0 Å². The van der Waals surface area contributed by atoms with E-state index >= 15 is 0 Å². The second-order valence-corrected chi connectivity index (χ2v) is 3.58. The van der Waals surface area contributed by atoms with Crippen LogP contribution in [-0.2, 0) is 14.3 Å². The zero-order valence-electron chi connectivity index (χ0n) is 8.50. The van der Waals surface area contributed by atoms with E-state index in [1.165, 1.54) is 0 Å². The smallest absolute Gasteiger partial charge is 0.404 e. The zero-order valence-corrected chi connectivity index (χ0v) is 8.50. The number of hydrogen-bond acceptors (Lipinski definition) is 3. The Balaban J connectivity index is 2.40. The van der Waals surface area contributed by atoms with Crippen LogP contribution in [0.3, 0.4) is 0 Å². The Kier molecular flexibility index (Phi) is 4.55. The molecule has 1 rings (SSSR count). The normalized spacial score (nSPS) is 20.7. The first-order valence-corrected chi connectivity index (χ1v) is 4.90. The molecule has 0 aromatic carbocycles. The molecular weight excluding hydrogens is 229 g/mol. The van der Waals surface area contributed by atoms with Crippen molar-refractivity contribution in [1.29, 1.82) is 0 Å². The number of aliphatic carboxylic acids is 1. The summed E-state index contributed by atoms with van der Waals surface area (Å²) in [7, 11) is 0. The van der Waals surface area contributed by atoms with E-state index in [0.717, 1.165) is 0 Å². The Morgan fingerprint density at radius 3 is 2.44 bits per heavy atom. The lowest BCUT2D eigenvalue weighted by Crippen LogP contribution is -2.36. The summed E-state index contributed by atoms with van der Waals surface area (Å²) in [5, 5.41) is 8.41. The predicted octanol–water partition coefficient (Wildman–Crippen LogP) is 1.45. The zero-order chi connectivity index (χ0) is 12.2. The fourth-order valence-corrected chi connectivity index (χ4v) is 1.38. The summed E-state index contributed by atoms with van der Waals surface area (Å²) in [5.74, 6) is -4.35. The van der Waals surface area contributed by atoms with Gasteiger partial charge in [0.15, 0.2) is 5.92 Å². The van der Waals surface area contributed by atoms with Crippen LogP contribution in [0.15, 0.2) is 0 Å². The van der Waals surface area contributed by atoms with Gasteiger partial charge in [-0.1, -0.05) is 0 Å². The van der Waals surface area contributed by atoms with E-state index in [2.05, 4.69) is 0 Å². The molecule has 1 fully saturated rings. The molecule has 0 amide bonds. The summed E-state index contributed by atoms with van der Waals surface area (Å²) in [5.41, 5.74) is 0. The minimum atomic E-state index is -4.77. The van der Waals surface area contributed by atoms with Crippen molar-refractivity contribution in [3.05, 3.63) is 0 Å². The molecule has 16 heavy (non-hydrogen) atoms. The molecule has 0 aromatic rings. The summed E-state index contributed by atoms with van der Waals surface area (Å²) in [4.78, 5) is 10.4. The van der Waals surface area contributed by atoms with Gasteiger partial charge in [0, 0.05) is 13.2 Å². The molecule has 1 aliphatic rings. The fourth-order valence-electron chi connectivity index (χ4n) is 1.38. The lowest BCUT2D eigenvalue weighted by atomic mass is 10.1. The number of carboxylic acids is 1. The monoisotopic (exact) mass is 242 g/mol. The number of hydrogen-bond donors (Lipinski definition) is 1. The minimum absolute atomic E-state index is 0.335. The summed E-state index contributed by atoms with van der Waals surface area (Å²) in [6.45, 7) is 0.0480. The Bertz CT molecular complexity index is 235. The molecule has 0 aliphatic carbocycles. The third-order valence-corrected chi connectivity index (χ3v) is 2.36. The van der Waals surface area contributed by atoms with Gasteiger partial charge >= 0.3 is 12.1 Å². The molecule has 4 nitrogen and oxygen atoms in total. The molecule has 0 saturated carbocycles. The van der Waals surface area contributed by atoms with Gasteiger partial charge < -0.3 is 14.6 Å². The number of alkyl halides is 3. The minimum Gasteiger partial charge on any atom is -0.481 e. The highest BCUT2D eigenvalue weighted by Gasteiger charge is 2.45. The third-order valence-electron chi connectivity index (χ3n) is 2.36. The van der Waals surface area contributed by atoms with Crippen LogP contribution in [0, 0.1) is 5.92 Å². The van der Waals surface area contributed by atoms with E-state index in [9.17, 15) is 18.0 Å². The van der Waals surface area contributed by atoms with Gasteiger partial charge in [0.2, 0.25) is 0 Å². The van der Waals surface area contributed by atoms with Crippen LogP contribution in [0.2, 0.25) is 0 Å². The first-order valence-electron chi connectivity index (χ1n) is 4.90. The third kappa shape index (κ3) is 3.97. The van der Waals surface area contributed by atoms with Gasteiger partial charge in [-0.2, -0.15) is 13.2 Å². The maximum atomic E-state index is 12.2. The van der Waals surface area contributed by atoms with E-state index in [0.29, 0.717) is 26.1 Å². The fraction of sp³-hybridized carbons (Fsp3) is 0.889. The van der Waals surface area contributed by atoms with Gasteiger partial charge in [-0.25, -0.2) is 0 Å². The molecule has 0 aromatic heterocycles. The second kappa shape index (κ2) is 5.49. The van der Waals surface area contributed by atoms with Crippen molar-refractivity contribution in [2.75, 3.05) is 19.8 Å². The van der Waals surface area contributed by atoms with E-state index < -0.39 is 24.7 Å². The van der Waals surface area contributed by atoms with Crippen LogP contribution in [0.5, 0.6) is 0 Å². The van der Waals surface area contributed by atoms with Crippen molar-refractivity contribution in [3.63, 3.8) is 0 Å². The standard InChI is InChI=1S/C9H13F3O4/c10-9(11,12)7(8(13)14)5-16-6-1-3-15-4-2-6/h6-7H,1-5H2,(H,13,14). The predicted molar refractivity (Wildman–Crippen MR) is 47.0 cm³/mol. The summed E-state index contributed by atoms with van der Waals surface area (Å²) in [6, 6.07) is 0. The van der Waals surface area contributed by atoms with Gasteiger partial charge in [0.1, 0.15) is 0 Å². The lowest BCUT2D eigenvalue weighted by molar-refractivity contribution is -0.207. The molecule has 1 aliphatic heterocycles. The highest BCUT2D eigenvalue weighted by Crippen LogP contribution is 2.27. The van der Waals surface area contributed by atoms with Gasteiger partial charge in [-0.3, -0.25) is 4.79 Å². The van der Waals surface area contributed by atoms with Crippen LogP contribution in [0.1, 0.15) is 12.8 Å². The van der Waals surface area contributed by atoms with Gasteiger partial charge in [0.05, 0.1) is 12.7 Å². The number of carboxylic acid groups (broad SMARTS) is 1. The lowest BCUT2D eigenvalue weighted by Gasteiger charge is -2.24. The molecule has 0 spiro atoms. The Morgan fingerprint density at radius 2 is 2.00 bits per heavy atom. The van der Waals surface area contributed by atoms with Crippen molar-refractivity contribution in [1.82, 2.24) is 0 Å². The van der Waals surface area contributed by atoms with Gasteiger partial charge in [-0.05, 0) is 12.8 Å². The topological polar surface area (TPSA) is 55.8 Å². The summed E-state index contributed by atoms with van der Waals surface area (Å²) < 4.78 is 46.7. The van der Waals surface area contributed by atoms with Crippen LogP contribution in [-0.4, -0.2) is 43.2 Å². The molecule has 1 N–H and O–H groups in total. The van der Waals surface area contributed by atoms with Gasteiger partial charge in [0.25, 0.3) is 0 Å².